The normalized spacial score (nSPS) is 21.7. The van der Waals surface area contributed by atoms with Gasteiger partial charge in [0.25, 0.3) is 11.6 Å². The molecule has 1 unspecified atom stereocenters. The summed E-state index contributed by atoms with van der Waals surface area (Å²) in [6.07, 6.45) is 3.95. The zero-order chi connectivity index (χ0) is 18.3. The monoisotopic (exact) mass is 371 g/mol. The van der Waals surface area contributed by atoms with Crippen LogP contribution in [0, 0.1) is 10.1 Å². The molecular formula is C18H19N4O3S+. The Bertz CT molecular complexity index is 921. The summed E-state index contributed by atoms with van der Waals surface area (Å²) in [6.45, 7) is 1.98. The molecule has 7 nitrogen and oxygen atoms in total. The number of carbonyl (C=O) groups is 1. The van der Waals surface area contributed by atoms with Gasteiger partial charge in [0.05, 0.1) is 34.5 Å². The number of thiophene rings is 1. The van der Waals surface area contributed by atoms with Crippen molar-refractivity contribution in [3.8, 4) is 0 Å². The summed E-state index contributed by atoms with van der Waals surface area (Å²) in [5, 5.41) is 18.3. The zero-order valence-electron chi connectivity index (χ0n) is 14.2. The molecule has 0 saturated heterocycles. The topological polar surface area (TPSA) is 88.7 Å². The van der Waals surface area contributed by atoms with E-state index in [0.29, 0.717) is 5.56 Å². The van der Waals surface area contributed by atoms with Crippen LogP contribution in [0.15, 0.2) is 30.3 Å². The predicted molar refractivity (Wildman–Crippen MR) is 100 cm³/mol. The lowest BCUT2D eigenvalue weighted by molar-refractivity contribution is -0.895. The zero-order valence-corrected chi connectivity index (χ0v) is 15.1. The van der Waals surface area contributed by atoms with E-state index in [-0.39, 0.29) is 17.8 Å². The van der Waals surface area contributed by atoms with Crippen LogP contribution in [0.1, 0.15) is 26.4 Å². The standard InChI is InChI=1S/C18H18N4O3S/c1-21-9-8-12-14(10-21)26-18-16(12)17(23)19-15(20-18)7-6-11-4-2-3-5-13(11)22(24)25/h2-7,15,20H,8-10H2,1H3,(H,19,23)/p+1/b7-6+/t15-/m0/s1. The van der Waals surface area contributed by atoms with Crippen LogP contribution in [-0.4, -0.2) is 30.6 Å². The summed E-state index contributed by atoms with van der Waals surface area (Å²) in [5.74, 6) is -0.0759. The summed E-state index contributed by atoms with van der Waals surface area (Å²) >= 11 is 1.64. The number of hydrogen-bond acceptors (Lipinski definition) is 5. The minimum atomic E-state index is -0.406. The number of carbonyl (C=O) groups excluding carboxylic acids is 1. The number of likely N-dealkylation sites (N-methyl/N-ethyl adjacent to an activating group) is 1. The van der Waals surface area contributed by atoms with Crippen LogP contribution in [0.4, 0.5) is 10.7 Å². The molecule has 2 aromatic rings. The number of nitrogens with one attached hydrogen (secondary N) is 3. The molecule has 1 aromatic heterocycles. The second kappa shape index (κ2) is 6.54. The van der Waals surface area contributed by atoms with Gasteiger partial charge >= 0.3 is 0 Å². The van der Waals surface area contributed by atoms with Gasteiger partial charge in [0, 0.05) is 12.5 Å². The van der Waals surface area contributed by atoms with Crippen molar-refractivity contribution < 1.29 is 14.6 Å². The van der Waals surface area contributed by atoms with Crippen LogP contribution >= 0.6 is 11.3 Å². The third-order valence-electron chi connectivity index (χ3n) is 4.76. The van der Waals surface area contributed by atoms with Gasteiger partial charge in [0.2, 0.25) is 0 Å². The Hall–Kier alpha value is -2.71. The Balaban J connectivity index is 1.59. The van der Waals surface area contributed by atoms with Crippen molar-refractivity contribution in [2.75, 3.05) is 18.9 Å². The van der Waals surface area contributed by atoms with Crippen LogP contribution < -0.4 is 15.5 Å². The molecule has 1 amide bonds. The quantitative estimate of drug-likeness (QED) is 0.562. The van der Waals surface area contributed by atoms with Crippen LogP contribution in [0.25, 0.3) is 6.08 Å². The largest absolute Gasteiger partial charge is 0.353 e. The summed E-state index contributed by atoms with van der Waals surface area (Å²) in [6, 6.07) is 6.55. The molecule has 4 rings (SSSR count). The van der Waals surface area contributed by atoms with Crippen molar-refractivity contribution in [3.63, 3.8) is 0 Å². The van der Waals surface area contributed by atoms with E-state index in [1.165, 1.54) is 21.4 Å². The lowest BCUT2D eigenvalue weighted by Gasteiger charge is -2.24. The molecule has 0 aliphatic carbocycles. The molecule has 0 saturated carbocycles. The van der Waals surface area contributed by atoms with Crippen LogP contribution in [0.2, 0.25) is 0 Å². The van der Waals surface area contributed by atoms with Gasteiger partial charge in [0.1, 0.15) is 17.7 Å². The minimum absolute atomic E-state index is 0.0455. The van der Waals surface area contributed by atoms with Crippen LogP contribution in [0.3, 0.4) is 0 Å². The fraction of sp³-hybridized carbons (Fsp3) is 0.278. The summed E-state index contributed by atoms with van der Waals surface area (Å²) < 4.78 is 0. The lowest BCUT2D eigenvalue weighted by atomic mass is 10.0. The number of nitro benzene ring substituents is 1. The number of hydrogen-bond donors (Lipinski definition) is 3. The number of anilines is 1. The average molecular weight is 371 g/mol. The fourth-order valence-electron chi connectivity index (χ4n) is 3.44. The smallest absolute Gasteiger partial charge is 0.276 e. The maximum atomic E-state index is 12.6. The number of fused-ring (bicyclic) bond motifs is 3. The van der Waals surface area contributed by atoms with Gasteiger partial charge < -0.3 is 15.5 Å². The van der Waals surface area contributed by atoms with E-state index >= 15 is 0 Å². The molecule has 0 fully saturated rings. The van der Waals surface area contributed by atoms with Crippen molar-refractivity contribution in [2.45, 2.75) is 19.1 Å². The van der Waals surface area contributed by atoms with Crippen molar-refractivity contribution >= 4 is 34.0 Å². The highest BCUT2D eigenvalue weighted by Gasteiger charge is 2.32. The van der Waals surface area contributed by atoms with E-state index in [0.717, 1.165) is 30.1 Å². The number of benzene rings is 1. The van der Waals surface area contributed by atoms with Crippen LogP contribution in [0.5, 0.6) is 0 Å². The Morgan fingerprint density at radius 2 is 2.15 bits per heavy atom. The molecule has 3 N–H and O–H groups in total. The SMILES string of the molecule is C[NH+]1CCc2c(sc3c2C(=O)N[C@H](/C=C/c2ccccc2[N+](=O)[O-])N3)C1. The Labute approximate surface area is 154 Å². The molecule has 0 radical (unpaired) electrons. The molecule has 1 aromatic carbocycles. The number of rotatable bonds is 3. The molecule has 26 heavy (non-hydrogen) atoms. The van der Waals surface area contributed by atoms with Gasteiger partial charge in [-0.15, -0.1) is 11.3 Å². The highest BCUT2D eigenvalue weighted by molar-refractivity contribution is 7.16. The Morgan fingerprint density at radius 1 is 1.35 bits per heavy atom. The second-order valence-electron chi connectivity index (χ2n) is 6.61. The van der Waals surface area contributed by atoms with E-state index < -0.39 is 4.92 Å². The molecule has 134 valence electrons. The molecule has 0 bridgehead atoms. The van der Waals surface area contributed by atoms with Gasteiger partial charge in [-0.05, 0) is 23.8 Å². The molecule has 0 spiro atoms. The fourth-order valence-corrected chi connectivity index (χ4v) is 4.84. The van der Waals surface area contributed by atoms with E-state index in [1.54, 1.807) is 41.7 Å². The van der Waals surface area contributed by atoms with Crippen molar-refractivity contribution in [1.29, 1.82) is 0 Å². The summed E-state index contributed by atoms with van der Waals surface area (Å²) in [5.41, 5.74) is 2.49. The minimum Gasteiger partial charge on any atom is -0.353 e. The van der Waals surface area contributed by atoms with Crippen molar-refractivity contribution in [3.05, 3.63) is 62.0 Å². The first kappa shape index (κ1) is 16.7. The summed E-state index contributed by atoms with van der Waals surface area (Å²) in [7, 11) is 2.16. The molecular weight excluding hydrogens is 352 g/mol. The second-order valence-corrected chi connectivity index (χ2v) is 7.72. The first-order valence-electron chi connectivity index (χ1n) is 8.48. The van der Waals surface area contributed by atoms with Crippen molar-refractivity contribution in [1.82, 2.24) is 5.32 Å². The maximum absolute atomic E-state index is 12.6. The molecule has 2 atom stereocenters. The molecule has 2 aliphatic heterocycles. The van der Waals surface area contributed by atoms with Gasteiger partial charge in [-0.2, -0.15) is 0 Å². The predicted octanol–water partition coefficient (Wildman–Crippen LogP) is 1.42. The third kappa shape index (κ3) is 2.97. The highest BCUT2D eigenvalue weighted by Crippen LogP contribution is 2.36. The van der Waals surface area contributed by atoms with E-state index in [1.807, 2.05) is 0 Å². The molecule has 8 heteroatoms. The molecule has 3 heterocycles. The summed E-state index contributed by atoms with van der Waals surface area (Å²) in [4.78, 5) is 26.0. The van der Waals surface area contributed by atoms with Gasteiger partial charge in [-0.3, -0.25) is 14.9 Å². The third-order valence-corrected chi connectivity index (χ3v) is 5.92. The van der Waals surface area contributed by atoms with Gasteiger partial charge in [-0.25, -0.2) is 0 Å². The molecule has 2 aliphatic rings. The van der Waals surface area contributed by atoms with Gasteiger partial charge in [-0.1, -0.05) is 12.1 Å². The first-order chi connectivity index (χ1) is 12.5. The Kier molecular flexibility index (Phi) is 4.21. The van der Waals surface area contributed by atoms with Gasteiger partial charge in [0.15, 0.2) is 0 Å². The first-order valence-corrected chi connectivity index (χ1v) is 9.29. The van der Waals surface area contributed by atoms with E-state index in [9.17, 15) is 14.9 Å². The number of amides is 1. The van der Waals surface area contributed by atoms with E-state index in [2.05, 4.69) is 17.7 Å². The lowest BCUT2D eigenvalue weighted by Crippen LogP contribution is -3.08. The van der Waals surface area contributed by atoms with Crippen molar-refractivity contribution in [2.24, 2.45) is 0 Å². The van der Waals surface area contributed by atoms with Crippen LogP contribution in [-0.2, 0) is 13.0 Å². The Morgan fingerprint density at radius 3 is 2.96 bits per heavy atom. The number of quaternary nitrogens is 1. The highest BCUT2D eigenvalue weighted by atomic mass is 32.1. The van der Waals surface area contributed by atoms with E-state index in [4.69, 9.17) is 0 Å². The maximum Gasteiger partial charge on any atom is 0.276 e. The number of para-hydroxylation sites is 1. The number of nitro groups is 1. The number of nitrogens with zero attached hydrogens (tertiary/aromatic N) is 1. The average Bonchev–Trinajstić information content (AvgIpc) is 2.97.